The molecule has 0 fully saturated rings. The summed E-state index contributed by atoms with van der Waals surface area (Å²) in [5.74, 6) is -0.0222. The van der Waals surface area contributed by atoms with Crippen LogP contribution in [-0.2, 0) is 6.61 Å². The Hall–Kier alpha value is -5.59. The summed E-state index contributed by atoms with van der Waals surface area (Å²) >= 11 is 0. The van der Waals surface area contributed by atoms with Crippen LogP contribution in [0, 0.1) is 5.82 Å². The highest BCUT2D eigenvalue weighted by Crippen LogP contribution is 2.29. The number of halogens is 1. The predicted octanol–water partition coefficient (Wildman–Crippen LogP) is 3.78. The minimum Gasteiger partial charge on any atom is -0.493 e. The average Bonchev–Trinajstić information content (AvgIpc) is 3.61. The van der Waals surface area contributed by atoms with Crippen LogP contribution in [0.4, 0.5) is 10.2 Å². The maximum atomic E-state index is 13.4. The molecule has 0 aliphatic rings. The molecule has 0 radical (unpaired) electrons. The number of nitrogens with one attached hydrogen (secondary N) is 1. The molecule has 5 rings (SSSR count). The standard InChI is InChI=1S/C27H23FN8O4/c1-16(19-10-13-21(22(14-19)38-2)39-15-17-8-11-20(28)12-9-17)30-32-27(37)24-23(18-6-4-3-5-7-18)31-35-36(24)26-25(29)33-40-34-26/h3-14H,15H2,1-2H3,(H2,29,33)(H,32,37)/b30-16+. The molecule has 0 saturated carbocycles. The molecule has 202 valence electrons. The highest BCUT2D eigenvalue weighted by atomic mass is 19.1. The van der Waals surface area contributed by atoms with Crippen LogP contribution >= 0.6 is 0 Å². The lowest BCUT2D eigenvalue weighted by molar-refractivity contribution is 0.0947. The summed E-state index contributed by atoms with van der Waals surface area (Å²) in [4.78, 5) is 13.4. The molecule has 3 aromatic carbocycles. The van der Waals surface area contributed by atoms with Crippen LogP contribution in [0.1, 0.15) is 28.5 Å². The fourth-order valence-corrected chi connectivity index (χ4v) is 3.77. The van der Waals surface area contributed by atoms with Crippen molar-refractivity contribution in [1.82, 2.24) is 30.7 Å². The van der Waals surface area contributed by atoms with Crippen molar-refractivity contribution in [1.29, 1.82) is 0 Å². The van der Waals surface area contributed by atoms with Gasteiger partial charge in [-0.1, -0.05) is 47.7 Å². The second-order valence-electron chi connectivity index (χ2n) is 8.46. The first-order chi connectivity index (χ1) is 19.4. The van der Waals surface area contributed by atoms with E-state index in [2.05, 4.69) is 35.8 Å². The van der Waals surface area contributed by atoms with Crippen molar-refractivity contribution < 1.29 is 23.3 Å². The van der Waals surface area contributed by atoms with Crippen LogP contribution < -0.4 is 20.6 Å². The SMILES string of the molecule is COc1cc(/C(C)=N/NC(=O)c2c(-c3ccccc3)nnn2-c2nonc2N)ccc1OCc1ccc(F)cc1. The van der Waals surface area contributed by atoms with E-state index in [4.69, 9.17) is 15.2 Å². The zero-order valence-corrected chi connectivity index (χ0v) is 21.4. The van der Waals surface area contributed by atoms with Crippen molar-refractivity contribution in [2.75, 3.05) is 12.8 Å². The number of hydrogen-bond acceptors (Lipinski definition) is 10. The Kier molecular flexibility index (Phi) is 7.44. The Morgan fingerprint density at radius 3 is 2.55 bits per heavy atom. The van der Waals surface area contributed by atoms with Gasteiger partial charge in [-0.3, -0.25) is 4.79 Å². The van der Waals surface area contributed by atoms with Gasteiger partial charge in [-0.15, -0.1) is 5.10 Å². The molecule has 2 aromatic heterocycles. The summed E-state index contributed by atoms with van der Waals surface area (Å²) in [5, 5.41) is 19.8. The first-order valence-corrected chi connectivity index (χ1v) is 11.9. The van der Waals surface area contributed by atoms with Gasteiger partial charge in [-0.25, -0.2) is 14.4 Å². The number of rotatable bonds is 9. The zero-order chi connectivity index (χ0) is 28.1. The summed E-state index contributed by atoms with van der Waals surface area (Å²) in [6.45, 7) is 1.96. The molecule has 0 aliphatic carbocycles. The van der Waals surface area contributed by atoms with E-state index in [-0.39, 0.29) is 35.4 Å². The number of hydrogen-bond donors (Lipinski definition) is 2. The normalized spacial score (nSPS) is 11.3. The van der Waals surface area contributed by atoms with Crippen molar-refractivity contribution >= 4 is 17.4 Å². The highest BCUT2D eigenvalue weighted by Gasteiger charge is 2.26. The van der Waals surface area contributed by atoms with Crippen LogP contribution in [0.25, 0.3) is 17.1 Å². The van der Waals surface area contributed by atoms with E-state index in [1.54, 1.807) is 49.4 Å². The van der Waals surface area contributed by atoms with Gasteiger partial charge in [-0.05, 0) is 53.1 Å². The van der Waals surface area contributed by atoms with Crippen molar-refractivity contribution in [3.8, 4) is 28.6 Å². The number of anilines is 1. The number of benzene rings is 3. The van der Waals surface area contributed by atoms with E-state index in [0.717, 1.165) is 10.2 Å². The molecule has 0 saturated heterocycles. The third kappa shape index (κ3) is 5.48. The fraction of sp³-hybridized carbons (Fsp3) is 0.111. The number of amides is 1. The second-order valence-corrected chi connectivity index (χ2v) is 8.46. The number of nitrogens with two attached hydrogens (primary N) is 1. The van der Waals surface area contributed by atoms with Gasteiger partial charge in [0.25, 0.3) is 5.91 Å². The monoisotopic (exact) mass is 542 g/mol. The first-order valence-electron chi connectivity index (χ1n) is 11.9. The summed E-state index contributed by atoms with van der Waals surface area (Å²) < 4.78 is 30.3. The summed E-state index contributed by atoms with van der Waals surface area (Å²) in [7, 11) is 1.52. The molecule has 0 spiro atoms. The third-order valence-corrected chi connectivity index (χ3v) is 5.84. The Bertz CT molecular complexity index is 1670. The average molecular weight is 543 g/mol. The van der Waals surface area contributed by atoms with Gasteiger partial charge in [0, 0.05) is 11.1 Å². The van der Waals surface area contributed by atoms with Crippen molar-refractivity contribution in [2.45, 2.75) is 13.5 Å². The first kappa shape index (κ1) is 26.0. The van der Waals surface area contributed by atoms with Crippen LogP contribution in [-0.4, -0.2) is 44.0 Å². The number of methoxy groups -OCH3 is 1. The van der Waals surface area contributed by atoms with E-state index in [1.165, 1.54) is 19.2 Å². The van der Waals surface area contributed by atoms with Crippen molar-refractivity contribution in [3.63, 3.8) is 0 Å². The molecule has 1 amide bonds. The van der Waals surface area contributed by atoms with Gasteiger partial charge in [0.2, 0.25) is 11.6 Å². The van der Waals surface area contributed by atoms with Gasteiger partial charge >= 0.3 is 0 Å². The molecular formula is C27H23FN8O4. The molecule has 5 aromatic rings. The van der Waals surface area contributed by atoms with Crippen LogP contribution in [0.5, 0.6) is 11.5 Å². The minimum atomic E-state index is -0.614. The summed E-state index contributed by atoms with van der Waals surface area (Å²) in [6.07, 6.45) is 0. The predicted molar refractivity (Wildman–Crippen MR) is 142 cm³/mol. The van der Waals surface area contributed by atoms with Gasteiger partial charge in [0.05, 0.1) is 12.8 Å². The van der Waals surface area contributed by atoms with Crippen LogP contribution in [0.3, 0.4) is 0 Å². The highest BCUT2D eigenvalue weighted by molar-refractivity contribution is 6.02. The molecule has 0 aliphatic heterocycles. The molecule has 12 nitrogen and oxygen atoms in total. The molecule has 0 atom stereocenters. The summed E-state index contributed by atoms with van der Waals surface area (Å²) in [6, 6.07) is 20.3. The van der Waals surface area contributed by atoms with Crippen molar-refractivity contribution in [3.05, 3.63) is 95.4 Å². The fourth-order valence-electron chi connectivity index (χ4n) is 3.77. The van der Waals surface area contributed by atoms with Gasteiger partial charge in [0.15, 0.2) is 17.2 Å². The van der Waals surface area contributed by atoms with E-state index in [1.807, 2.05) is 18.2 Å². The number of nitrogen functional groups attached to an aromatic ring is 1. The second kappa shape index (κ2) is 11.4. The molecule has 0 unspecified atom stereocenters. The number of carbonyl (C=O) groups excluding carboxylic acids is 1. The maximum Gasteiger partial charge on any atom is 0.292 e. The van der Waals surface area contributed by atoms with Gasteiger partial charge < -0.3 is 15.2 Å². The van der Waals surface area contributed by atoms with E-state index < -0.39 is 5.91 Å². The number of hydrazone groups is 1. The van der Waals surface area contributed by atoms with Gasteiger partial charge in [0.1, 0.15) is 18.1 Å². The van der Waals surface area contributed by atoms with E-state index in [0.29, 0.717) is 28.3 Å². The van der Waals surface area contributed by atoms with E-state index >= 15 is 0 Å². The van der Waals surface area contributed by atoms with Crippen LogP contribution in [0.2, 0.25) is 0 Å². The Morgan fingerprint density at radius 1 is 1.07 bits per heavy atom. The van der Waals surface area contributed by atoms with E-state index in [9.17, 15) is 9.18 Å². The lowest BCUT2D eigenvalue weighted by Crippen LogP contribution is -2.23. The number of carbonyl (C=O) groups is 1. The molecular weight excluding hydrogens is 519 g/mol. The smallest absolute Gasteiger partial charge is 0.292 e. The molecule has 3 N–H and O–H groups in total. The minimum absolute atomic E-state index is 0.0153. The topological polar surface area (TPSA) is 156 Å². The largest absolute Gasteiger partial charge is 0.493 e. The lowest BCUT2D eigenvalue weighted by atomic mass is 10.1. The number of nitrogens with zero attached hydrogens (tertiary/aromatic N) is 6. The number of aromatic nitrogens is 5. The third-order valence-electron chi connectivity index (χ3n) is 5.84. The zero-order valence-electron chi connectivity index (χ0n) is 21.4. The Morgan fingerprint density at radius 2 is 1.85 bits per heavy atom. The molecule has 0 bridgehead atoms. The molecule has 40 heavy (non-hydrogen) atoms. The molecule has 13 heteroatoms. The summed E-state index contributed by atoms with van der Waals surface area (Å²) in [5.41, 5.74) is 11.3. The van der Waals surface area contributed by atoms with Crippen molar-refractivity contribution in [2.24, 2.45) is 5.10 Å². The van der Waals surface area contributed by atoms with Crippen LogP contribution in [0.15, 0.2) is 82.5 Å². The van der Waals surface area contributed by atoms with Gasteiger partial charge in [-0.2, -0.15) is 9.78 Å². The quantitative estimate of drug-likeness (QED) is 0.209. The number of ether oxygens (including phenoxy) is 2. The molecule has 2 heterocycles. The maximum absolute atomic E-state index is 13.4. The lowest BCUT2D eigenvalue weighted by Gasteiger charge is -2.12. The Balaban J connectivity index is 1.37. The Labute approximate surface area is 227 Å².